The van der Waals surface area contributed by atoms with Crippen molar-refractivity contribution in [1.29, 1.82) is 5.26 Å². The van der Waals surface area contributed by atoms with Gasteiger partial charge in [-0.05, 0) is 75.1 Å². The zero-order valence-electron chi connectivity index (χ0n) is 20.1. The lowest BCUT2D eigenvalue weighted by Crippen LogP contribution is -2.44. The Morgan fingerprint density at radius 2 is 1.94 bits per heavy atom. The monoisotopic (exact) mass is 462 g/mol. The zero-order valence-corrected chi connectivity index (χ0v) is 20.1. The van der Waals surface area contributed by atoms with Crippen molar-refractivity contribution in [2.45, 2.75) is 58.2 Å². The highest BCUT2D eigenvalue weighted by Gasteiger charge is 2.41. The van der Waals surface area contributed by atoms with Crippen LogP contribution in [0.5, 0.6) is 5.75 Å². The van der Waals surface area contributed by atoms with Gasteiger partial charge < -0.3 is 23.7 Å². The fourth-order valence-electron chi connectivity index (χ4n) is 5.38. The zero-order chi connectivity index (χ0) is 24.2. The van der Waals surface area contributed by atoms with Crippen molar-refractivity contribution >= 4 is 17.0 Å². The second kappa shape index (κ2) is 8.17. The van der Waals surface area contributed by atoms with Gasteiger partial charge in [-0.2, -0.15) is 5.26 Å². The number of imidazole rings is 1. The first-order chi connectivity index (χ1) is 16.3. The third kappa shape index (κ3) is 3.64. The molecule has 1 N–H and O–H groups in total. The lowest BCUT2D eigenvalue weighted by atomic mass is 9.72. The summed E-state index contributed by atoms with van der Waals surface area (Å²) in [4.78, 5) is 16.9. The van der Waals surface area contributed by atoms with Crippen LogP contribution in [0.25, 0.3) is 22.6 Å². The van der Waals surface area contributed by atoms with Crippen molar-refractivity contribution in [3.63, 3.8) is 0 Å². The van der Waals surface area contributed by atoms with E-state index in [0.29, 0.717) is 40.9 Å². The summed E-state index contributed by atoms with van der Waals surface area (Å²) in [6.07, 6.45) is 4.21. The van der Waals surface area contributed by atoms with Crippen LogP contribution in [-0.4, -0.2) is 45.0 Å². The van der Waals surface area contributed by atoms with Crippen LogP contribution >= 0.6 is 0 Å². The number of rotatable bonds is 8. The molecule has 8 heteroatoms. The molecule has 0 bridgehead atoms. The third-order valence-corrected chi connectivity index (χ3v) is 7.52. The number of hydrogen-bond acceptors (Lipinski definition) is 5. The second-order valence-corrected chi connectivity index (χ2v) is 10.00. The van der Waals surface area contributed by atoms with Gasteiger partial charge in [-0.3, -0.25) is 0 Å². The maximum absolute atomic E-state index is 11.9. The summed E-state index contributed by atoms with van der Waals surface area (Å²) in [5.74, 6) is 1.21. The molecule has 5 rings (SSSR count). The maximum atomic E-state index is 11.9. The summed E-state index contributed by atoms with van der Waals surface area (Å²) >= 11 is 0. The average molecular weight is 463 g/mol. The number of carboxylic acids is 1. The van der Waals surface area contributed by atoms with E-state index in [4.69, 9.17) is 14.5 Å². The van der Waals surface area contributed by atoms with Crippen molar-refractivity contribution in [2.75, 3.05) is 14.2 Å². The Kier molecular flexibility index (Phi) is 5.40. The molecule has 0 atom stereocenters. The number of nitriles is 1. The molecule has 178 valence electrons. The molecule has 2 fully saturated rings. The minimum atomic E-state index is -1.01. The Bertz CT molecular complexity index is 1320. The van der Waals surface area contributed by atoms with Crippen LogP contribution in [0, 0.1) is 30.1 Å². The number of nitrogens with zero attached hydrogens (tertiary/aromatic N) is 4. The number of fused-ring (bicyclic) bond motifs is 1. The van der Waals surface area contributed by atoms with Gasteiger partial charge in [0.2, 0.25) is 0 Å². The standard InChI is InChI=1S/C26H30N4O4/c1-15-19(25(31)32)9-21(33-3)23-22(15)28-24(30(23)14-17-10-26(2,11-17)34-4)20-8-7-18(12-27)29(20)13-16-5-6-16/h7-9,16-17H,5-6,10-11,13-14H2,1-4H3,(H,31,32). The van der Waals surface area contributed by atoms with Gasteiger partial charge in [0.15, 0.2) is 5.82 Å². The molecule has 2 heterocycles. The smallest absolute Gasteiger partial charge is 0.336 e. The number of ether oxygens (including phenoxy) is 2. The highest BCUT2D eigenvalue weighted by Crippen LogP contribution is 2.44. The molecule has 2 aliphatic carbocycles. The van der Waals surface area contributed by atoms with Crippen LogP contribution in [0.3, 0.4) is 0 Å². The lowest BCUT2D eigenvalue weighted by Gasteiger charge is -2.44. The van der Waals surface area contributed by atoms with Gasteiger partial charge in [0.25, 0.3) is 0 Å². The number of carboxylic acid groups (broad SMARTS) is 1. The molecular weight excluding hydrogens is 432 g/mol. The van der Waals surface area contributed by atoms with Gasteiger partial charge in [0, 0.05) is 20.2 Å². The highest BCUT2D eigenvalue weighted by molar-refractivity contribution is 5.99. The fourth-order valence-corrected chi connectivity index (χ4v) is 5.38. The molecule has 0 spiro atoms. The van der Waals surface area contributed by atoms with Crippen molar-refractivity contribution in [2.24, 2.45) is 11.8 Å². The first-order valence-electron chi connectivity index (χ1n) is 11.7. The SMILES string of the molecule is COc1cc(C(=O)O)c(C)c2nc(-c3ccc(C#N)n3CC3CC3)n(CC3CC(C)(OC)C3)c12. The molecule has 0 radical (unpaired) electrons. The van der Waals surface area contributed by atoms with E-state index < -0.39 is 5.97 Å². The Labute approximate surface area is 198 Å². The van der Waals surface area contributed by atoms with Crippen LogP contribution in [-0.2, 0) is 17.8 Å². The summed E-state index contributed by atoms with van der Waals surface area (Å²) in [5.41, 5.74) is 3.60. The summed E-state index contributed by atoms with van der Waals surface area (Å²) in [6, 6.07) is 7.71. The third-order valence-electron chi connectivity index (χ3n) is 7.52. The van der Waals surface area contributed by atoms with E-state index in [2.05, 4.69) is 22.1 Å². The Morgan fingerprint density at radius 1 is 1.24 bits per heavy atom. The molecule has 2 aromatic heterocycles. The van der Waals surface area contributed by atoms with E-state index in [1.807, 2.05) is 12.1 Å². The average Bonchev–Trinajstić information content (AvgIpc) is 3.41. The van der Waals surface area contributed by atoms with Gasteiger partial charge in [-0.1, -0.05) is 0 Å². The van der Waals surface area contributed by atoms with Gasteiger partial charge in [0.1, 0.15) is 23.0 Å². The molecular formula is C26H30N4O4. The lowest BCUT2D eigenvalue weighted by molar-refractivity contribution is -0.0937. The molecule has 0 unspecified atom stereocenters. The van der Waals surface area contributed by atoms with E-state index in [1.165, 1.54) is 12.8 Å². The number of aryl methyl sites for hydroxylation is 1. The largest absolute Gasteiger partial charge is 0.494 e. The van der Waals surface area contributed by atoms with Gasteiger partial charge in [0.05, 0.1) is 29.5 Å². The molecule has 0 saturated heterocycles. The van der Waals surface area contributed by atoms with Crippen LogP contribution < -0.4 is 4.74 Å². The molecule has 34 heavy (non-hydrogen) atoms. The van der Waals surface area contributed by atoms with Crippen molar-refractivity contribution in [3.05, 3.63) is 35.0 Å². The number of aromatic nitrogens is 3. The Hall–Kier alpha value is -3.31. The van der Waals surface area contributed by atoms with Crippen molar-refractivity contribution in [1.82, 2.24) is 14.1 Å². The first kappa shape index (κ1) is 22.5. The van der Waals surface area contributed by atoms with Crippen molar-refractivity contribution in [3.8, 4) is 23.3 Å². The number of carbonyl (C=O) groups is 1. The minimum Gasteiger partial charge on any atom is -0.494 e. The Balaban J connectivity index is 1.71. The van der Waals surface area contributed by atoms with Crippen LogP contribution in [0.15, 0.2) is 18.2 Å². The van der Waals surface area contributed by atoms with E-state index in [1.54, 1.807) is 27.2 Å². The van der Waals surface area contributed by atoms with Crippen LogP contribution in [0.1, 0.15) is 54.2 Å². The minimum absolute atomic E-state index is 0.113. The number of aromatic carboxylic acids is 1. The van der Waals surface area contributed by atoms with Crippen LogP contribution in [0.2, 0.25) is 0 Å². The predicted octanol–water partition coefficient (Wildman–Crippen LogP) is 4.62. The van der Waals surface area contributed by atoms with Crippen molar-refractivity contribution < 1.29 is 19.4 Å². The van der Waals surface area contributed by atoms with Gasteiger partial charge in [-0.25, -0.2) is 9.78 Å². The van der Waals surface area contributed by atoms with Gasteiger partial charge >= 0.3 is 5.97 Å². The molecule has 2 saturated carbocycles. The molecule has 1 aromatic carbocycles. The molecule has 8 nitrogen and oxygen atoms in total. The normalized spacial score (nSPS) is 21.9. The Morgan fingerprint density at radius 3 is 2.53 bits per heavy atom. The number of benzene rings is 1. The molecule has 0 amide bonds. The topological polar surface area (TPSA) is 102 Å². The fraction of sp³-hybridized carbons (Fsp3) is 0.500. The van der Waals surface area contributed by atoms with Crippen LogP contribution in [0.4, 0.5) is 0 Å². The summed E-state index contributed by atoms with van der Waals surface area (Å²) < 4.78 is 15.6. The molecule has 2 aliphatic rings. The summed E-state index contributed by atoms with van der Waals surface area (Å²) in [6.45, 7) is 5.42. The second-order valence-electron chi connectivity index (χ2n) is 10.00. The van der Waals surface area contributed by atoms with E-state index in [-0.39, 0.29) is 11.2 Å². The highest BCUT2D eigenvalue weighted by atomic mass is 16.5. The molecule has 0 aliphatic heterocycles. The van der Waals surface area contributed by atoms with E-state index in [0.717, 1.165) is 36.4 Å². The van der Waals surface area contributed by atoms with E-state index in [9.17, 15) is 15.2 Å². The van der Waals surface area contributed by atoms with E-state index >= 15 is 0 Å². The number of hydrogen-bond donors (Lipinski definition) is 1. The van der Waals surface area contributed by atoms with Gasteiger partial charge in [-0.15, -0.1) is 0 Å². The molecule has 3 aromatic rings. The maximum Gasteiger partial charge on any atom is 0.336 e. The predicted molar refractivity (Wildman–Crippen MR) is 127 cm³/mol. The first-order valence-corrected chi connectivity index (χ1v) is 11.7. The number of methoxy groups -OCH3 is 2. The quantitative estimate of drug-likeness (QED) is 0.524. The summed E-state index contributed by atoms with van der Waals surface area (Å²) in [5, 5.41) is 19.5. The summed E-state index contributed by atoms with van der Waals surface area (Å²) in [7, 11) is 3.31.